The van der Waals surface area contributed by atoms with Crippen LogP contribution in [0.4, 0.5) is 0 Å². The van der Waals surface area contributed by atoms with Crippen molar-refractivity contribution >= 4 is 22.0 Å². The van der Waals surface area contributed by atoms with Gasteiger partial charge in [0.15, 0.2) is 0 Å². The highest BCUT2D eigenvalue weighted by Gasteiger charge is 2.00. The first-order valence-corrected chi connectivity index (χ1v) is 5.62. The standard InChI is InChI=1S/C12H15BrO/c1-3-5-8-14-12-7-6-11(13)9-10(12)4-2/h4,6-7,9H,2-3,5,8H2,1H3. The summed E-state index contributed by atoms with van der Waals surface area (Å²) in [5, 5.41) is 0. The van der Waals surface area contributed by atoms with Gasteiger partial charge in [-0.1, -0.05) is 41.9 Å². The summed E-state index contributed by atoms with van der Waals surface area (Å²) in [6, 6.07) is 5.96. The number of hydrogen-bond acceptors (Lipinski definition) is 1. The fourth-order valence-corrected chi connectivity index (χ4v) is 1.52. The van der Waals surface area contributed by atoms with Crippen LogP contribution >= 0.6 is 15.9 Å². The summed E-state index contributed by atoms with van der Waals surface area (Å²) in [5.41, 5.74) is 1.04. The van der Waals surface area contributed by atoms with Gasteiger partial charge in [0.1, 0.15) is 5.75 Å². The van der Waals surface area contributed by atoms with Crippen molar-refractivity contribution in [3.63, 3.8) is 0 Å². The Morgan fingerprint density at radius 2 is 2.29 bits per heavy atom. The first-order chi connectivity index (χ1) is 6.77. The zero-order chi connectivity index (χ0) is 10.4. The van der Waals surface area contributed by atoms with Crippen molar-refractivity contribution in [2.75, 3.05) is 6.61 Å². The zero-order valence-electron chi connectivity index (χ0n) is 8.42. The van der Waals surface area contributed by atoms with Crippen LogP contribution in [-0.4, -0.2) is 6.61 Å². The molecule has 0 atom stereocenters. The predicted molar refractivity (Wildman–Crippen MR) is 64.6 cm³/mol. The maximum atomic E-state index is 5.63. The van der Waals surface area contributed by atoms with E-state index in [-0.39, 0.29) is 0 Å². The van der Waals surface area contributed by atoms with Crippen LogP contribution in [0.3, 0.4) is 0 Å². The van der Waals surface area contributed by atoms with E-state index >= 15 is 0 Å². The number of ether oxygens (including phenoxy) is 1. The van der Waals surface area contributed by atoms with Crippen molar-refractivity contribution in [3.8, 4) is 5.75 Å². The quantitative estimate of drug-likeness (QED) is 0.714. The molecule has 0 aliphatic rings. The Balaban J connectivity index is 2.70. The van der Waals surface area contributed by atoms with Gasteiger partial charge < -0.3 is 4.74 Å². The van der Waals surface area contributed by atoms with E-state index in [1.165, 1.54) is 0 Å². The molecule has 0 aliphatic heterocycles. The summed E-state index contributed by atoms with van der Waals surface area (Å²) in [6.45, 7) is 6.69. The SMILES string of the molecule is C=Cc1cc(Br)ccc1OCCCC. The highest BCUT2D eigenvalue weighted by atomic mass is 79.9. The second kappa shape index (κ2) is 5.86. The third kappa shape index (κ3) is 3.18. The molecular weight excluding hydrogens is 240 g/mol. The number of halogens is 1. The highest BCUT2D eigenvalue weighted by molar-refractivity contribution is 9.10. The van der Waals surface area contributed by atoms with E-state index in [2.05, 4.69) is 29.4 Å². The van der Waals surface area contributed by atoms with Crippen LogP contribution < -0.4 is 4.74 Å². The smallest absolute Gasteiger partial charge is 0.126 e. The van der Waals surface area contributed by atoms with Gasteiger partial charge >= 0.3 is 0 Å². The third-order valence-electron chi connectivity index (χ3n) is 1.95. The molecule has 0 radical (unpaired) electrons. The van der Waals surface area contributed by atoms with Gasteiger partial charge in [-0.3, -0.25) is 0 Å². The lowest BCUT2D eigenvalue weighted by Gasteiger charge is -2.08. The Morgan fingerprint density at radius 3 is 2.93 bits per heavy atom. The molecule has 0 aliphatic carbocycles. The summed E-state index contributed by atoms with van der Waals surface area (Å²) >= 11 is 3.42. The first-order valence-electron chi connectivity index (χ1n) is 4.82. The van der Waals surface area contributed by atoms with E-state index in [0.717, 1.165) is 35.2 Å². The van der Waals surface area contributed by atoms with E-state index in [1.807, 2.05) is 24.3 Å². The van der Waals surface area contributed by atoms with Crippen molar-refractivity contribution in [1.82, 2.24) is 0 Å². The fraction of sp³-hybridized carbons (Fsp3) is 0.333. The van der Waals surface area contributed by atoms with Crippen LogP contribution in [0, 0.1) is 0 Å². The van der Waals surface area contributed by atoms with Crippen LogP contribution in [0.15, 0.2) is 29.3 Å². The third-order valence-corrected chi connectivity index (χ3v) is 2.44. The van der Waals surface area contributed by atoms with Crippen LogP contribution in [0.1, 0.15) is 25.3 Å². The molecule has 1 nitrogen and oxygen atoms in total. The van der Waals surface area contributed by atoms with E-state index in [9.17, 15) is 0 Å². The maximum Gasteiger partial charge on any atom is 0.126 e. The van der Waals surface area contributed by atoms with Crippen molar-refractivity contribution < 1.29 is 4.74 Å². The number of unbranched alkanes of at least 4 members (excludes halogenated alkanes) is 1. The molecule has 0 unspecified atom stereocenters. The lowest BCUT2D eigenvalue weighted by molar-refractivity contribution is 0.309. The van der Waals surface area contributed by atoms with Gasteiger partial charge in [0.2, 0.25) is 0 Å². The van der Waals surface area contributed by atoms with Gasteiger partial charge in [-0.05, 0) is 24.6 Å². The Bertz CT molecular complexity index is 307. The maximum absolute atomic E-state index is 5.63. The molecule has 1 rings (SSSR count). The van der Waals surface area contributed by atoms with Gasteiger partial charge in [-0.25, -0.2) is 0 Å². The van der Waals surface area contributed by atoms with Gasteiger partial charge in [-0.15, -0.1) is 0 Å². The molecule has 2 heteroatoms. The lowest BCUT2D eigenvalue weighted by atomic mass is 10.2. The van der Waals surface area contributed by atoms with Gasteiger partial charge in [-0.2, -0.15) is 0 Å². The molecule has 14 heavy (non-hydrogen) atoms. The average molecular weight is 255 g/mol. The van der Waals surface area contributed by atoms with Crippen LogP contribution in [0.5, 0.6) is 5.75 Å². The van der Waals surface area contributed by atoms with E-state index < -0.39 is 0 Å². The van der Waals surface area contributed by atoms with Crippen LogP contribution in [0.2, 0.25) is 0 Å². The molecule has 76 valence electrons. The molecule has 1 aromatic carbocycles. The second-order valence-electron chi connectivity index (χ2n) is 3.09. The van der Waals surface area contributed by atoms with Crippen LogP contribution in [0.25, 0.3) is 6.08 Å². The minimum absolute atomic E-state index is 0.777. The summed E-state index contributed by atoms with van der Waals surface area (Å²) in [7, 11) is 0. The molecular formula is C12H15BrO. The molecule has 0 bridgehead atoms. The van der Waals surface area contributed by atoms with E-state index in [4.69, 9.17) is 4.74 Å². The fourth-order valence-electron chi connectivity index (χ4n) is 1.14. The molecule has 0 N–H and O–H groups in total. The van der Waals surface area contributed by atoms with Gasteiger partial charge in [0.05, 0.1) is 6.61 Å². The summed E-state index contributed by atoms with van der Waals surface area (Å²) < 4.78 is 6.68. The largest absolute Gasteiger partial charge is 0.493 e. The molecule has 0 saturated heterocycles. The molecule has 0 aromatic heterocycles. The van der Waals surface area contributed by atoms with Gasteiger partial charge in [0, 0.05) is 10.0 Å². The van der Waals surface area contributed by atoms with Crippen molar-refractivity contribution in [2.45, 2.75) is 19.8 Å². The van der Waals surface area contributed by atoms with E-state index in [0.29, 0.717) is 0 Å². The second-order valence-corrected chi connectivity index (χ2v) is 4.00. The Hall–Kier alpha value is -0.760. The van der Waals surface area contributed by atoms with Crippen molar-refractivity contribution in [1.29, 1.82) is 0 Å². The number of benzene rings is 1. The lowest BCUT2D eigenvalue weighted by Crippen LogP contribution is -1.97. The number of rotatable bonds is 5. The first kappa shape index (κ1) is 11.3. The summed E-state index contributed by atoms with van der Waals surface area (Å²) in [6.07, 6.45) is 4.05. The monoisotopic (exact) mass is 254 g/mol. The van der Waals surface area contributed by atoms with Gasteiger partial charge in [0.25, 0.3) is 0 Å². The summed E-state index contributed by atoms with van der Waals surface area (Å²) in [4.78, 5) is 0. The zero-order valence-corrected chi connectivity index (χ0v) is 10.0. The van der Waals surface area contributed by atoms with Crippen LogP contribution in [-0.2, 0) is 0 Å². The molecule has 1 aromatic rings. The topological polar surface area (TPSA) is 9.23 Å². The predicted octanol–water partition coefficient (Wildman–Crippen LogP) is 4.27. The molecule has 0 amide bonds. The molecule has 0 fully saturated rings. The average Bonchev–Trinajstić information content (AvgIpc) is 2.20. The molecule has 0 saturated carbocycles. The van der Waals surface area contributed by atoms with E-state index in [1.54, 1.807) is 0 Å². The molecule has 0 spiro atoms. The normalized spacial score (nSPS) is 9.86. The van der Waals surface area contributed by atoms with Crippen molar-refractivity contribution in [2.24, 2.45) is 0 Å². The minimum Gasteiger partial charge on any atom is -0.493 e. The number of hydrogen-bond donors (Lipinski definition) is 0. The Labute approximate surface area is 93.9 Å². The highest BCUT2D eigenvalue weighted by Crippen LogP contribution is 2.24. The minimum atomic E-state index is 0.777. The summed E-state index contributed by atoms with van der Waals surface area (Å²) in [5.74, 6) is 0.914. The molecule has 0 heterocycles. The Morgan fingerprint density at radius 1 is 1.50 bits per heavy atom. The Kier molecular flexibility index (Phi) is 4.74. The van der Waals surface area contributed by atoms with Crippen molar-refractivity contribution in [3.05, 3.63) is 34.8 Å².